The number of carbonyl (C=O) groups excluding carboxylic acids is 1. The molecule has 1 aliphatic rings. The average Bonchev–Trinajstić information content (AvgIpc) is 3.74. The first-order chi connectivity index (χ1) is 18.5. The van der Waals surface area contributed by atoms with Gasteiger partial charge in [-0.2, -0.15) is 5.10 Å². The molecule has 8 heteroatoms. The lowest BCUT2D eigenvalue weighted by atomic mass is 10.1. The van der Waals surface area contributed by atoms with Gasteiger partial charge in [0.25, 0.3) is 0 Å². The van der Waals surface area contributed by atoms with E-state index in [0.717, 1.165) is 57.9 Å². The van der Waals surface area contributed by atoms with Gasteiger partial charge in [0.2, 0.25) is 5.91 Å². The van der Waals surface area contributed by atoms with Crippen LogP contribution in [0.1, 0.15) is 38.2 Å². The van der Waals surface area contributed by atoms with Crippen LogP contribution in [0.3, 0.4) is 0 Å². The van der Waals surface area contributed by atoms with Crippen molar-refractivity contribution in [2.45, 2.75) is 39.5 Å². The molecule has 1 fully saturated rings. The summed E-state index contributed by atoms with van der Waals surface area (Å²) in [5, 5.41) is 11.1. The van der Waals surface area contributed by atoms with Crippen molar-refractivity contribution in [3.63, 3.8) is 0 Å². The number of anilines is 4. The maximum Gasteiger partial charge on any atom is 0.224 e. The highest BCUT2D eigenvalue weighted by molar-refractivity contribution is 5.94. The Morgan fingerprint density at radius 3 is 2.71 bits per heavy atom. The first kappa shape index (κ1) is 25.2. The normalized spacial score (nSPS) is 12.7. The molecule has 8 nitrogen and oxygen atoms in total. The summed E-state index contributed by atoms with van der Waals surface area (Å²) in [7, 11) is 0. The second kappa shape index (κ2) is 11.3. The third-order valence-corrected chi connectivity index (χ3v) is 6.42. The fraction of sp³-hybridized carbons (Fsp3) is 0.267. The minimum atomic E-state index is -0.00915. The van der Waals surface area contributed by atoms with Crippen LogP contribution in [0, 0.1) is 12.8 Å². The van der Waals surface area contributed by atoms with Gasteiger partial charge in [-0.05, 0) is 86.2 Å². The number of amides is 1. The molecule has 1 aliphatic carbocycles. The van der Waals surface area contributed by atoms with Crippen molar-refractivity contribution in [2.75, 3.05) is 22.7 Å². The molecule has 1 saturated carbocycles. The number of hydrazone groups is 1. The number of fused-ring (bicyclic) bond motifs is 1. The molecular formula is C30H32N6O2. The molecule has 1 amide bonds. The Hall–Kier alpha value is -4.46. The minimum Gasteiger partial charge on any atom is -0.493 e. The SMILES string of the molecule is C=NNc1ccc(Nc2nc(-c3cccc(NC(=O)CCC)c3)nc3ccc(OCC4CC4)cc23)cc1C. The summed E-state index contributed by atoms with van der Waals surface area (Å²) in [5.41, 5.74) is 8.02. The third-order valence-electron chi connectivity index (χ3n) is 6.42. The maximum atomic E-state index is 12.1. The van der Waals surface area contributed by atoms with E-state index in [9.17, 15) is 4.79 Å². The van der Waals surface area contributed by atoms with E-state index in [0.29, 0.717) is 24.0 Å². The number of carbonyl (C=O) groups is 1. The van der Waals surface area contributed by atoms with Gasteiger partial charge in [-0.3, -0.25) is 10.2 Å². The van der Waals surface area contributed by atoms with Gasteiger partial charge in [0, 0.05) is 35.5 Å². The van der Waals surface area contributed by atoms with E-state index >= 15 is 0 Å². The Bertz CT molecular complexity index is 1480. The van der Waals surface area contributed by atoms with Gasteiger partial charge >= 0.3 is 0 Å². The monoisotopic (exact) mass is 508 g/mol. The fourth-order valence-electron chi connectivity index (χ4n) is 4.20. The predicted molar refractivity (Wildman–Crippen MR) is 154 cm³/mol. The Balaban J connectivity index is 1.52. The maximum absolute atomic E-state index is 12.1. The molecule has 4 aromatic rings. The molecule has 3 N–H and O–H groups in total. The molecule has 3 aromatic carbocycles. The van der Waals surface area contributed by atoms with Gasteiger partial charge in [0.05, 0.1) is 17.8 Å². The summed E-state index contributed by atoms with van der Waals surface area (Å²) >= 11 is 0. The average molecular weight is 509 g/mol. The van der Waals surface area contributed by atoms with Crippen molar-refractivity contribution < 1.29 is 9.53 Å². The zero-order valence-corrected chi connectivity index (χ0v) is 21.8. The van der Waals surface area contributed by atoms with Gasteiger partial charge in [0.1, 0.15) is 11.6 Å². The molecule has 0 spiro atoms. The van der Waals surface area contributed by atoms with Crippen molar-refractivity contribution >= 4 is 46.4 Å². The second-order valence-electron chi connectivity index (χ2n) is 9.63. The molecule has 0 bridgehead atoms. The van der Waals surface area contributed by atoms with E-state index in [1.165, 1.54) is 12.8 Å². The Morgan fingerprint density at radius 2 is 1.95 bits per heavy atom. The van der Waals surface area contributed by atoms with Gasteiger partial charge in [-0.25, -0.2) is 9.97 Å². The smallest absolute Gasteiger partial charge is 0.224 e. The molecular weight excluding hydrogens is 476 g/mol. The molecule has 194 valence electrons. The zero-order valence-electron chi connectivity index (χ0n) is 21.8. The number of benzene rings is 3. The zero-order chi connectivity index (χ0) is 26.5. The van der Waals surface area contributed by atoms with Crippen LogP contribution in [0.25, 0.3) is 22.3 Å². The Morgan fingerprint density at radius 1 is 1.08 bits per heavy atom. The topological polar surface area (TPSA) is 101 Å². The van der Waals surface area contributed by atoms with Crippen LogP contribution in [-0.4, -0.2) is 29.2 Å². The number of nitrogens with zero attached hydrogens (tertiary/aromatic N) is 3. The van der Waals surface area contributed by atoms with Crippen molar-refractivity contribution in [1.82, 2.24) is 9.97 Å². The summed E-state index contributed by atoms with van der Waals surface area (Å²) in [6, 6.07) is 19.5. The van der Waals surface area contributed by atoms with Crippen LogP contribution >= 0.6 is 0 Å². The molecule has 0 atom stereocenters. The molecule has 0 aliphatic heterocycles. The summed E-state index contributed by atoms with van der Waals surface area (Å²) in [4.78, 5) is 21.9. The highest BCUT2D eigenvalue weighted by Gasteiger charge is 2.22. The second-order valence-corrected chi connectivity index (χ2v) is 9.63. The highest BCUT2D eigenvalue weighted by atomic mass is 16.5. The molecule has 38 heavy (non-hydrogen) atoms. The molecule has 1 aromatic heterocycles. The summed E-state index contributed by atoms with van der Waals surface area (Å²) in [5.74, 6) is 2.68. The lowest BCUT2D eigenvalue weighted by Gasteiger charge is -2.14. The molecule has 5 rings (SSSR count). The van der Waals surface area contributed by atoms with Crippen molar-refractivity contribution in [2.24, 2.45) is 11.0 Å². The van der Waals surface area contributed by atoms with Crippen LogP contribution < -0.4 is 20.8 Å². The minimum absolute atomic E-state index is 0.00915. The van der Waals surface area contributed by atoms with Crippen LogP contribution in [0.5, 0.6) is 5.75 Å². The number of hydrogen-bond donors (Lipinski definition) is 3. The molecule has 0 radical (unpaired) electrons. The lowest BCUT2D eigenvalue weighted by Crippen LogP contribution is -2.10. The standard InChI is InChI=1S/C30H32N6O2/c1-4-6-28(37)32-22-8-5-7-21(16-22)29-34-27-14-12-24(38-18-20-9-10-20)17-25(27)30(35-29)33-23-11-13-26(36-31-3)19(2)15-23/h5,7-8,11-17,20,36H,3-4,6,9-10,18H2,1-2H3,(H,32,37)(H,33,34,35). The number of aryl methyl sites for hydroxylation is 1. The van der Waals surface area contributed by atoms with E-state index in [1.807, 2.05) is 74.5 Å². The fourth-order valence-corrected chi connectivity index (χ4v) is 4.20. The number of nitrogens with one attached hydrogen (secondary N) is 3. The first-order valence-corrected chi connectivity index (χ1v) is 13.0. The summed E-state index contributed by atoms with van der Waals surface area (Å²) in [6.45, 7) is 8.22. The Kier molecular flexibility index (Phi) is 7.49. The van der Waals surface area contributed by atoms with Crippen LogP contribution in [0.2, 0.25) is 0 Å². The largest absolute Gasteiger partial charge is 0.493 e. The van der Waals surface area contributed by atoms with E-state index < -0.39 is 0 Å². The van der Waals surface area contributed by atoms with E-state index in [1.54, 1.807) is 0 Å². The Labute approximate surface area is 222 Å². The number of ether oxygens (including phenoxy) is 1. The molecule has 0 saturated heterocycles. The van der Waals surface area contributed by atoms with Gasteiger partial charge < -0.3 is 15.4 Å². The first-order valence-electron chi connectivity index (χ1n) is 13.0. The van der Waals surface area contributed by atoms with E-state index in [4.69, 9.17) is 14.7 Å². The third kappa shape index (κ3) is 6.08. The van der Waals surface area contributed by atoms with Crippen molar-refractivity contribution in [3.05, 3.63) is 66.2 Å². The van der Waals surface area contributed by atoms with Gasteiger partial charge in [-0.1, -0.05) is 19.1 Å². The van der Waals surface area contributed by atoms with Crippen LogP contribution in [0.4, 0.5) is 22.9 Å². The molecule has 0 unspecified atom stereocenters. The highest BCUT2D eigenvalue weighted by Crippen LogP contribution is 2.33. The molecule has 1 heterocycles. The number of hydrogen-bond acceptors (Lipinski definition) is 7. The lowest BCUT2D eigenvalue weighted by molar-refractivity contribution is -0.116. The number of rotatable bonds is 11. The van der Waals surface area contributed by atoms with E-state index in [-0.39, 0.29) is 5.91 Å². The van der Waals surface area contributed by atoms with Crippen LogP contribution in [-0.2, 0) is 4.79 Å². The van der Waals surface area contributed by atoms with E-state index in [2.05, 4.69) is 27.9 Å². The summed E-state index contributed by atoms with van der Waals surface area (Å²) < 4.78 is 6.04. The van der Waals surface area contributed by atoms with Crippen molar-refractivity contribution in [1.29, 1.82) is 0 Å². The van der Waals surface area contributed by atoms with Crippen LogP contribution in [0.15, 0.2) is 65.8 Å². The van der Waals surface area contributed by atoms with Gasteiger partial charge in [-0.15, -0.1) is 0 Å². The summed E-state index contributed by atoms with van der Waals surface area (Å²) in [6.07, 6.45) is 3.74. The van der Waals surface area contributed by atoms with Crippen molar-refractivity contribution in [3.8, 4) is 17.1 Å². The predicted octanol–water partition coefficient (Wildman–Crippen LogP) is 6.90. The van der Waals surface area contributed by atoms with Gasteiger partial charge in [0.15, 0.2) is 5.82 Å². The number of aromatic nitrogens is 2. The quantitative estimate of drug-likeness (QED) is 0.150.